The van der Waals surface area contributed by atoms with Crippen LogP contribution in [0.4, 0.5) is 5.82 Å². The van der Waals surface area contributed by atoms with E-state index in [-0.39, 0.29) is 35.1 Å². The molecule has 0 aliphatic heterocycles. The van der Waals surface area contributed by atoms with E-state index in [0.717, 1.165) is 22.7 Å². The number of amides is 2. The van der Waals surface area contributed by atoms with Crippen molar-refractivity contribution < 1.29 is 14.3 Å². The third kappa shape index (κ3) is 7.24. The lowest BCUT2D eigenvalue weighted by molar-refractivity contribution is -0.117. The first kappa shape index (κ1) is 29.0. The van der Waals surface area contributed by atoms with Crippen LogP contribution in [0, 0.1) is 5.92 Å². The fraction of sp³-hybridized carbons (Fsp3) is 0.452. The predicted molar refractivity (Wildman–Crippen MR) is 153 cm³/mol. The van der Waals surface area contributed by atoms with Gasteiger partial charge in [0.2, 0.25) is 5.91 Å². The summed E-state index contributed by atoms with van der Waals surface area (Å²) in [6.07, 6.45) is 0. The third-order valence-electron chi connectivity index (χ3n) is 6.27. The summed E-state index contributed by atoms with van der Waals surface area (Å²) in [5.41, 5.74) is 3.16. The van der Waals surface area contributed by atoms with Crippen molar-refractivity contribution in [2.45, 2.75) is 66.2 Å². The van der Waals surface area contributed by atoms with Crippen molar-refractivity contribution in [3.05, 3.63) is 71.4 Å². The van der Waals surface area contributed by atoms with Gasteiger partial charge in [-0.2, -0.15) is 5.10 Å². The van der Waals surface area contributed by atoms with Crippen molar-refractivity contribution in [2.24, 2.45) is 5.92 Å². The van der Waals surface area contributed by atoms with Crippen molar-refractivity contribution >= 4 is 17.6 Å². The zero-order chi connectivity index (χ0) is 28.3. The molecule has 3 rings (SSSR count). The minimum Gasteiger partial charge on any atom is -0.497 e. The number of aromatic nitrogens is 2. The minimum atomic E-state index is -0.277. The van der Waals surface area contributed by atoms with Crippen molar-refractivity contribution in [2.75, 3.05) is 25.5 Å². The highest BCUT2D eigenvalue weighted by molar-refractivity contribution is 5.99. The molecule has 0 aliphatic carbocycles. The summed E-state index contributed by atoms with van der Waals surface area (Å²) in [4.78, 5) is 28.3. The van der Waals surface area contributed by atoms with Crippen molar-refractivity contribution in [1.29, 1.82) is 0 Å². The Balaban J connectivity index is 1.85. The molecule has 1 heterocycles. The first-order valence-corrected chi connectivity index (χ1v) is 13.1. The molecule has 0 fully saturated rings. The maximum absolute atomic E-state index is 13.4. The molecule has 7 heteroatoms. The number of anilines is 1. The lowest BCUT2D eigenvalue weighted by Gasteiger charge is -2.25. The summed E-state index contributed by atoms with van der Waals surface area (Å²) in [5, 5.41) is 7.78. The van der Waals surface area contributed by atoms with Gasteiger partial charge in [0.05, 0.1) is 18.5 Å². The fourth-order valence-electron chi connectivity index (χ4n) is 4.07. The lowest BCUT2D eigenvalue weighted by Crippen LogP contribution is -2.40. The molecular formula is C31H42N4O3. The Morgan fingerprint density at radius 1 is 0.947 bits per heavy atom. The SMILES string of the molecule is COc1ccc(-n2nc(C(C)(C)C)cc2NC(=O)CN(CC(C)C)C(=O)c2ccc(C(C)(C)C)cc2)cc1. The van der Waals surface area contributed by atoms with Gasteiger partial charge >= 0.3 is 0 Å². The van der Waals surface area contributed by atoms with Crippen LogP contribution in [-0.4, -0.2) is 46.7 Å². The molecule has 0 aliphatic rings. The molecule has 0 radical (unpaired) electrons. The quantitative estimate of drug-likeness (QED) is 0.384. The van der Waals surface area contributed by atoms with Crippen LogP contribution >= 0.6 is 0 Å². The van der Waals surface area contributed by atoms with Gasteiger partial charge in [-0.3, -0.25) is 9.59 Å². The van der Waals surface area contributed by atoms with Gasteiger partial charge in [-0.1, -0.05) is 67.5 Å². The second kappa shape index (κ2) is 11.4. The number of benzene rings is 2. The molecule has 2 amide bonds. The number of rotatable bonds is 8. The number of nitrogens with zero attached hydrogens (tertiary/aromatic N) is 3. The number of hydrogen-bond donors (Lipinski definition) is 1. The van der Waals surface area contributed by atoms with E-state index in [1.807, 2.05) is 68.4 Å². The molecule has 0 spiro atoms. The Hall–Kier alpha value is -3.61. The van der Waals surface area contributed by atoms with Gasteiger partial charge in [-0.25, -0.2) is 4.68 Å². The molecule has 0 unspecified atom stereocenters. The summed E-state index contributed by atoms with van der Waals surface area (Å²) in [6, 6.07) is 17.1. The molecular weight excluding hydrogens is 476 g/mol. The molecule has 204 valence electrons. The van der Waals surface area contributed by atoms with Crippen LogP contribution in [0.5, 0.6) is 5.75 Å². The van der Waals surface area contributed by atoms with E-state index < -0.39 is 0 Å². The van der Waals surface area contributed by atoms with Crippen LogP contribution in [0.3, 0.4) is 0 Å². The zero-order valence-corrected chi connectivity index (χ0v) is 24.3. The highest BCUT2D eigenvalue weighted by Gasteiger charge is 2.24. The minimum absolute atomic E-state index is 0.00216. The van der Waals surface area contributed by atoms with Gasteiger partial charge in [0.15, 0.2) is 0 Å². The van der Waals surface area contributed by atoms with Gasteiger partial charge in [0.1, 0.15) is 18.1 Å². The van der Waals surface area contributed by atoms with E-state index in [1.54, 1.807) is 16.7 Å². The average Bonchev–Trinajstić information content (AvgIpc) is 3.26. The fourth-order valence-corrected chi connectivity index (χ4v) is 4.07. The zero-order valence-electron chi connectivity index (χ0n) is 24.3. The number of hydrogen-bond acceptors (Lipinski definition) is 4. The monoisotopic (exact) mass is 518 g/mol. The predicted octanol–water partition coefficient (Wildman–Crippen LogP) is 6.21. The topological polar surface area (TPSA) is 76.5 Å². The number of methoxy groups -OCH3 is 1. The van der Waals surface area contributed by atoms with Gasteiger partial charge < -0.3 is 15.0 Å². The standard InChI is InChI=1S/C31H42N4O3/c1-21(2)19-34(29(37)22-10-12-23(13-11-22)30(3,4)5)20-28(36)32-27-18-26(31(6,7)8)33-35(27)24-14-16-25(38-9)17-15-24/h10-18,21H,19-20H2,1-9H3,(H,32,36). The molecule has 1 N–H and O–H groups in total. The maximum atomic E-state index is 13.4. The van der Waals surface area contributed by atoms with E-state index in [4.69, 9.17) is 9.84 Å². The van der Waals surface area contributed by atoms with Gasteiger partial charge in [0, 0.05) is 23.6 Å². The van der Waals surface area contributed by atoms with Crippen LogP contribution in [-0.2, 0) is 15.6 Å². The summed E-state index contributed by atoms with van der Waals surface area (Å²) in [7, 11) is 1.62. The highest BCUT2D eigenvalue weighted by Crippen LogP contribution is 2.27. The molecule has 7 nitrogen and oxygen atoms in total. The van der Waals surface area contributed by atoms with Crippen molar-refractivity contribution in [3.63, 3.8) is 0 Å². The van der Waals surface area contributed by atoms with Gasteiger partial charge in [-0.05, 0) is 53.3 Å². The molecule has 3 aromatic rings. The van der Waals surface area contributed by atoms with E-state index in [0.29, 0.717) is 17.9 Å². The highest BCUT2D eigenvalue weighted by atomic mass is 16.5. The van der Waals surface area contributed by atoms with Crippen LogP contribution < -0.4 is 10.1 Å². The third-order valence-corrected chi connectivity index (χ3v) is 6.27. The maximum Gasteiger partial charge on any atom is 0.254 e. The largest absolute Gasteiger partial charge is 0.497 e. The molecule has 38 heavy (non-hydrogen) atoms. The van der Waals surface area contributed by atoms with Gasteiger partial charge in [0.25, 0.3) is 5.91 Å². The summed E-state index contributed by atoms with van der Waals surface area (Å²) >= 11 is 0. The smallest absolute Gasteiger partial charge is 0.254 e. The van der Waals surface area contributed by atoms with E-state index in [2.05, 4.69) is 46.9 Å². The van der Waals surface area contributed by atoms with Crippen LogP contribution in [0.25, 0.3) is 5.69 Å². The second-order valence-corrected chi connectivity index (χ2v) is 12.2. The molecule has 0 saturated carbocycles. The Morgan fingerprint density at radius 3 is 2.05 bits per heavy atom. The van der Waals surface area contributed by atoms with Gasteiger partial charge in [-0.15, -0.1) is 0 Å². The van der Waals surface area contributed by atoms with Crippen molar-refractivity contribution in [1.82, 2.24) is 14.7 Å². The van der Waals surface area contributed by atoms with Crippen LogP contribution in [0.2, 0.25) is 0 Å². The number of nitrogens with one attached hydrogen (secondary N) is 1. The molecule has 0 atom stereocenters. The van der Waals surface area contributed by atoms with Crippen molar-refractivity contribution in [3.8, 4) is 11.4 Å². The first-order valence-electron chi connectivity index (χ1n) is 13.1. The Labute approximate surface area is 227 Å². The normalized spacial score (nSPS) is 11.9. The molecule has 2 aromatic carbocycles. The Morgan fingerprint density at radius 2 is 1.55 bits per heavy atom. The molecule has 0 saturated heterocycles. The molecule has 0 bridgehead atoms. The number of carbonyl (C=O) groups is 2. The van der Waals surface area contributed by atoms with E-state index in [1.165, 1.54) is 0 Å². The summed E-state index contributed by atoms with van der Waals surface area (Å²) in [6.45, 7) is 17.1. The lowest BCUT2D eigenvalue weighted by atomic mass is 9.86. The Bertz CT molecular complexity index is 1240. The van der Waals surface area contributed by atoms with E-state index >= 15 is 0 Å². The van der Waals surface area contributed by atoms with E-state index in [9.17, 15) is 9.59 Å². The Kier molecular flexibility index (Phi) is 8.70. The first-order chi connectivity index (χ1) is 17.7. The number of ether oxygens (including phenoxy) is 1. The molecule has 1 aromatic heterocycles. The second-order valence-electron chi connectivity index (χ2n) is 12.2. The average molecular weight is 519 g/mol. The summed E-state index contributed by atoms with van der Waals surface area (Å²) < 4.78 is 7.00. The van der Waals surface area contributed by atoms with Crippen LogP contribution in [0.1, 0.15) is 77.0 Å². The van der Waals surface area contributed by atoms with Crippen LogP contribution in [0.15, 0.2) is 54.6 Å². The number of carbonyl (C=O) groups excluding carboxylic acids is 2. The summed E-state index contributed by atoms with van der Waals surface area (Å²) in [5.74, 6) is 1.06.